The normalized spacial score (nSPS) is 11.0. The van der Waals surface area contributed by atoms with Crippen LogP contribution in [0, 0.1) is 0 Å². The SMILES string of the molecule is O=C(Cn1c(CCCCCNC(=O)c2ccc(Cl)cc2)nc2ccccc21)c1ccc(Cl)cc1. The van der Waals surface area contributed by atoms with Gasteiger partial charge in [-0.2, -0.15) is 0 Å². The summed E-state index contributed by atoms with van der Waals surface area (Å²) in [6, 6.07) is 21.7. The second-order valence-corrected chi connectivity index (χ2v) is 8.98. The van der Waals surface area contributed by atoms with E-state index in [2.05, 4.69) is 5.32 Å². The second-order valence-electron chi connectivity index (χ2n) is 8.11. The van der Waals surface area contributed by atoms with Crippen molar-refractivity contribution in [3.63, 3.8) is 0 Å². The van der Waals surface area contributed by atoms with Crippen LogP contribution in [0.25, 0.3) is 11.0 Å². The van der Waals surface area contributed by atoms with Crippen molar-refractivity contribution in [2.45, 2.75) is 32.2 Å². The van der Waals surface area contributed by atoms with E-state index in [1.54, 1.807) is 48.5 Å². The van der Waals surface area contributed by atoms with Crippen molar-refractivity contribution < 1.29 is 9.59 Å². The molecule has 1 N–H and O–H groups in total. The molecule has 34 heavy (non-hydrogen) atoms. The molecule has 0 fully saturated rings. The molecule has 5 nitrogen and oxygen atoms in total. The number of ketones is 1. The number of imidazole rings is 1. The summed E-state index contributed by atoms with van der Waals surface area (Å²) in [5.74, 6) is 0.818. The lowest BCUT2D eigenvalue weighted by Crippen LogP contribution is -2.24. The second kappa shape index (κ2) is 11.3. The number of amides is 1. The zero-order chi connectivity index (χ0) is 23.9. The number of halogens is 2. The molecule has 4 aromatic rings. The fraction of sp³-hybridized carbons (Fsp3) is 0.222. The van der Waals surface area contributed by atoms with Gasteiger partial charge in [0, 0.05) is 34.1 Å². The molecule has 0 aliphatic rings. The molecule has 0 aliphatic heterocycles. The lowest BCUT2D eigenvalue weighted by atomic mass is 10.1. The van der Waals surface area contributed by atoms with Crippen molar-refractivity contribution in [1.29, 1.82) is 0 Å². The van der Waals surface area contributed by atoms with Gasteiger partial charge in [-0.05, 0) is 73.5 Å². The summed E-state index contributed by atoms with van der Waals surface area (Å²) in [5, 5.41) is 4.16. The fourth-order valence-corrected chi connectivity index (χ4v) is 4.11. The Labute approximate surface area is 208 Å². The molecule has 0 atom stereocenters. The molecule has 7 heteroatoms. The number of rotatable bonds is 10. The first-order valence-corrected chi connectivity index (χ1v) is 12.0. The van der Waals surface area contributed by atoms with Gasteiger partial charge in [-0.1, -0.05) is 41.8 Å². The predicted molar refractivity (Wildman–Crippen MR) is 137 cm³/mol. The van der Waals surface area contributed by atoms with E-state index in [1.807, 2.05) is 28.8 Å². The van der Waals surface area contributed by atoms with Gasteiger partial charge < -0.3 is 9.88 Å². The smallest absolute Gasteiger partial charge is 0.251 e. The Balaban J connectivity index is 1.33. The van der Waals surface area contributed by atoms with E-state index in [9.17, 15) is 9.59 Å². The number of para-hydroxylation sites is 2. The van der Waals surface area contributed by atoms with Gasteiger partial charge in [0.15, 0.2) is 5.78 Å². The Hall–Kier alpha value is -3.15. The number of aryl methyl sites for hydroxylation is 1. The molecule has 1 heterocycles. The van der Waals surface area contributed by atoms with Crippen LogP contribution in [0.3, 0.4) is 0 Å². The first kappa shape index (κ1) is 24.0. The van der Waals surface area contributed by atoms with Crippen LogP contribution in [-0.2, 0) is 13.0 Å². The Morgan fingerprint density at radius 3 is 2.15 bits per heavy atom. The summed E-state index contributed by atoms with van der Waals surface area (Å²) in [5.41, 5.74) is 3.07. The highest BCUT2D eigenvalue weighted by atomic mass is 35.5. The maximum absolute atomic E-state index is 12.9. The third-order valence-corrected chi connectivity index (χ3v) is 6.17. The van der Waals surface area contributed by atoms with Crippen LogP contribution in [0.5, 0.6) is 0 Å². The van der Waals surface area contributed by atoms with Crippen molar-refractivity contribution in [1.82, 2.24) is 14.9 Å². The Morgan fingerprint density at radius 1 is 0.794 bits per heavy atom. The number of carbonyl (C=O) groups is 2. The molecule has 0 saturated heterocycles. The van der Waals surface area contributed by atoms with Gasteiger partial charge in [-0.25, -0.2) is 4.98 Å². The minimum atomic E-state index is -0.0980. The van der Waals surface area contributed by atoms with E-state index in [1.165, 1.54) is 0 Å². The van der Waals surface area contributed by atoms with Crippen molar-refractivity contribution in [3.05, 3.63) is 99.8 Å². The monoisotopic (exact) mass is 493 g/mol. The summed E-state index contributed by atoms with van der Waals surface area (Å²) in [7, 11) is 0. The molecule has 0 radical (unpaired) electrons. The summed E-state index contributed by atoms with van der Waals surface area (Å²) >= 11 is 11.8. The van der Waals surface area contributed by atoms with E-state index in [0.717, 1.165) is 42.5 Å². The Bertz CT molecular complexity index is 1280. The number of aromatic nitrogens is 2. The van der Waals surface area contributed by atoms with Crippen LogP contribution in [0.1, 0.15) is 45.8 Å². The average Bonchev–Trinajstić information content (AvgIpc) is 3.19. The van der Waals surface area contributed by atoms with Crippen LogP contribution in [-0.4, -0.2) is 27.8 Å². The number of fused-ring (bicyclic) bond motifs is 1. The average molecular weight is 494 g/mol. The number of benzene rings is 3. The zero-order valence-corrected chi connectivity index (χ0v) is 20.1. The van der Waals surface area contributed by atoms with Gasteiger partial charge in [-0.15, -0.1) is 0 Å². The predicted octanol–water partition coefficient (Wildman–Crippen LogP) is 6.37. The summed E-state index contributed by atoms with van der Waals surface area (Å²) in [6.45, 7) is 0.835. The molecule has 0 aliphatic carbocycles. The maximum Gasteiger partial charge on any atom is 0.251 e. The number of nitrogens with one attached hydrogen (secondary N) is 1. The minimum Gasteiger partial charge on any atom is -0.352 e. The lowest BCUT2D eigenvalue weighted by molar-refractivity contribution is 0.0950. The van der Waals surface area contributed by atoms with Crippen LogP contribution in [0.2, 0.25) is 10.0 Å². The van der Waals surface area contributed by atoms with Gasteiger partial charge in [0.1, 0.15) is 5.82 Å². The number of Topliss-reactive ketones (excluding diaryl/α,β-unsaturated/α-hetero) is 1. The quantitative estimate of drug-likeness (QED) is 0.206. The van der Waals surface area contributed by atoms with E-state index in [4.69, 9.17) is 28.2 Å². The summed E-state index contributed by atoms with van der Waals surface area (Å²) in [4.78, 5) is 29.9. The molecule has 0 bridgehead atoms. The van der Waals surface area contributed by atoms with Crippen molar-refractivity contribution >= 4 is 45.9 Å². The number of hydrogen-bond acceptors (Lipinski definition) is 3. The molecular formula is C27H25Cl2N3O2. The number of hydrogen-bond donors (Lipinski definition) is 1. The number of carbonyl (C=O) groups excluding carboxylic acids is 2. The third-order valence-electron chi connectivity index (χ3n) is 5.67. The molecule has 0 unspecified atom stereocenters. The van der Waals surface area contributed by atoms with E-state index < -0.39 is 0 Å². The molecule has 1 amide bonds. The van der Waals surface area contributed by atoms with Crippen LogP contribution in [0.4, 0.5) is 0 Å². The topological polar surface area (TPSA) is 64.0 Å². The highest BCUT2D eigenvalue weighted by molar-refractivity contribution is 6.31. The van der Waals surface area contributed by atoms with Crippen LogP contribution >= 0.6 is 23.2 Å². The number of unbranched alkanes of at least 4 members (excludes halogenated alkanes) is 2. The highest BCUT2D eigenvalue weighted by Crippen LogP contribution is 2.19. The summed E-state index contributed by atoms with van der Waals surface area (Å²) < 4.78 is 2.01. The van der Waals surface area contributed by atoms with E-state index in [0.29, 0.717) is 27.7 Å². The van der Waals surface area contributed by atoms with Crippen molar-refractivity contribution in [2.75, 3.05) is 6.54 Å². The molecule has 3 aromatic carbocycles. The lowest BCUT2D eigenvalue weighted by Gasteiger charge is -2.09. The van der Waals surface area contributed by atoms with Gasteiger partial charge >= 0.3 is 0 Å². The van der Waals surface area contributed by atoms with E-state index in [-0.39, 0.29) is 18.2 Å². The molecule has 4 rings (SSSR count). The maximum atomic E-state index is 12.9. The molecule has 0 spiro atoms. The van der Waals surface area contributed by atoms with Crippen molar-refractivity contribution in [3.8, 4) is 0 Å². The first-order valence-electron chi connectivity index (χ1n) is 11.3. The van der Waals surface area contributed by atoms with Crippen LogP contribution < -0.4 is 5.32 Å². The minimum absolute atomic E-state index is 0.0194. The fourth-order valence-electron chi connectivity index (χ4n) is 3.85. The standard InChI is InChI=1S/C27H25Cl2N3O2/c28-21-13-9-19(10-14-21)25(33)18-32-24-7-4-3-6-23(24)31-26(32)8-2-1-5-17-30-27(34)20-11-15-22(29)16-12-20/h3-4,6-7,9-16H,1-2,5,8,17-18H2,(H,30,34). The molecule has 174 valence electrons. The largest absolute Gasteiger partial charge is 0.352 e. The summed E-state index contributed by atoms with van der Waals surface area (Å²) in [6.07, 6.45) is 3.47. The van der Waals surface area contributed by atoms with Gasteiger partial charge in [-0.3, -0.25) is 9.59 Å². The first-order chi connectivity index (χ1) is 16.5. The van der Waals surface area contributed by atoms with Gasteiger partial charge in [0.25, 0.3) is 5.91 Å². The van der Waals surface area contributed by atoms with Crippen LogP contribution in [0.15, 0.2) is 72.8 Å². The molecule has 1 aromatic heterocycles. The highest BCUT2D eigenvalue weighted by Gasteiger charge is 2.15. The molecular weight excluding hydrogens is 469 g/mol. The van der Waals surface area contributed by atoms with Gasteiger partial charge in [0.05, 0.1) is 17.6 Å². The van der Waals surface area contributed by atoms with E-state index >= 15 is 0 Å². The third kappa shape index (κ3) is 6.04. The Kier molecular flexibility index (Phi) is 7.99. The van der Waals surface area contributed by atoms with Crippen molar-refractivity contribution in [2.24, 2.45) is 0 Å². The molecule has 0 saturated carbocycles. The zero-order valence-electron chi connectivity index (χ0n) is 18.6. The Morgan fingerprint density at radius 2 is 1.44 bits per heavy atom. The van der Waals surface area contributed by atoms with Gasteiger partial charge in [0.2, 0.25) is 0 Å². The number of nitrogens with zero attached hydrogens (tertiary/aromatic N) is 2.